The molecule has 4 nitrogen and oxygen atoms in total. The van der Waals surface area contributed by atoms with E-state index in [2.05, 4.69) is 67.4 Å². The topological polar surface area (TPSA) is 66.2 Å². The molecule has 0 aliphatic rings. The summed E-state index contributed by atoms with van der Waals surface area (Å²) in [7, 11) is 0. The van der Waals surface area contributed by atoms with E-state index >= 15 is 0 Å². The molecule has 4 N–H and O–H groups in total. The molecular weight excluding hydrogens is 387 g/mol. The number of hydrogen-bond acceptors (Lipinski definition) is 1. The zero-order chi connectivity index (χ0) is 15.5. The molecule has 2 rings (SSSR count). The second kappa shape index (κ2) is 7.85. The highest BCUT2D eigenvalue weighted by Crippen LogP contribution is 2.22. The number of nitrogens with zero attached hydrogens (tertiary/aromatic N) is 1. The monoisotopic (exact) mass is 414 g/mol. The Morgan fingerprint density at radius 1 is 1.27 bits per heavy atom. The van der Waals surface area contributed by atoms with Crippen molar-refractivity contribution in [3.05, 3.63) is 35.5 Å². The van der Waals surface area contributed by atoms with Gasteiger partial charge in [-0.2, -0.15) is 0 Å². The molecular formula is C17H27IN4. The maximum Gasteiger partial charge on any atom is 0.188 e. The number of H-pyrrole nitrogens is 1. The van der Waals surface area contributed by atoms with E-state index in [1.165, 1.54) is 22.0 Å². The number of guanidine groups is 1. The fraction of sp³-hybridized carbons (Fsp3) is 0.471. The highest BCUT2D eigenvalue weighted by molar-refractivity contribution is 14.0. The summed E-state index contributed by atoms with van der Waals surface area (Å²) < 4.78 is 0. The van der Waals surface area contributed by atoms with E-state index in [9.17, 15) is 0 Å². The van der Waals surface area contributed by atoms with Gasteiger partial charge in [-0.3, -0.25) is 4.99 Å². The third-order valence-electron chi connectivity index (χ3n) is 3.43. The molecule has 0 saturated heterocycles. The number of aromatic amines is 1. The summed E-state index contributed by atoms with van der Waals surface area (Å²) in [6.45, 7) is 9.08. The minimum atomic E-state index is -0.0512. The Hall–Kier alpha value is -1.24. The number of nitrogens with one attached hydrogen (secondary N) is 2. The van der Waals surface area contributed by atoms with Crippen LogP contribution in [0, 0.1) is 0 Å². The minimum Gasteiger partial charge on any atom is -0.370 e. The van der Waals surface area contributed by atoms with Crippen molar-refractivity contribution in [3.63, 3.8) is 0 Å². The molecule has 0 spiro atoms. The second-order valence-electron chi connectivity index (χ2n) is 6.40. The summed E-state index contributed by atoms with van der Waals surface area (Å²) in [6.07, 6.45) is 4.02. The van der Waals surface area contributed by atoms with Gasteiger partial charge in [0.2, 0.25) is 0 Å². The average Bonchev–Trinajstić information content (AvgIpc) is 2.80. The molecule has 0 aliphatic carbocycles. The van der Waals surface area contributed by atoms with Gasteiger partial charge >= 0.3 is 0 Å². The number of benzene rings is 1. The lowest BCUT2D eigenvalue weighted by Gasteiger charge is -2.20. The van der Waals surface area contributed by atoms with Crippen molar-refractivity contribution in [2.75, 3.05) is 6.54 Å². The quantitative estimate of drug-likeness (QED) is 0.407. The highest BCUT2D eigenvalue weighted by Gasteiger charge is 2.10. The van der Waals surface area contributed by atoms with E-state index in [0.29, 0.717) is 12.5 Å². The molecule has 0 amide bonds. The third-order valence-corrected chi connectivity index (χ3v) is 3.43. The Morgan fingerprint density at radius 3 is 2.64 bits per heavy atom. The summed E-state index contributed by atoms with van der Waals surface area (Å²) in [6, 6.07) is 6.46. The van der Waals surface area contributed by atoms with Crippen molar-refractivity contribution >= 4 is 40.8 Å². The first-order valence-electron chi connectivity index (χ1n) is 7.56. The first-order valence-corrected chi connectivity index (χ1v) is 7.56. The third kappa shape index (κ3) is 4.90. The Morgan fingerprint density at radius 2 is 2.00 bits per heavy atom. The SMILES string of the molecule is CCc1cccc2c(CCN=C(N)NC(C)(C)C)c[nH]c12.I. The van der Waals surface area contributed by atoms with Gasteiger partial charge in [0.15, 0.2) is 5.96 Å². The molecule has 0 radical (unpaired) electrons. The van der Waals surface area contributed by atoms with Crippen LogP contribution < -0.4 is 11.1 Å². The maximum atomic E-state index is 5.89. The van der Waals surface area contributed by atoms with E-state index in [1.54, 1.807) is 0 Å². The van der Waals surface area contributed by atoms with Crippen molar-refractivity contribution in [1.82, 2.24) is 10.3 Å². The van der Waals surface area contributed by atoms with E-state index < -0.39 is 0 Å². The number of halogens is 1. The molecule has 22 heavy (non-hydrogen) atoms. The van der Waals surface area contributed by atoms with Gasteiger partial charge in [0, 0.05) is 29.2 Å². The fourth-order valence-corrected chi connectivity index (χ4v) is 2.50. The van der Waals surface area contributed by atoms with Gasteiger partial charge in [-0.15, -0.1) is 24.0 Å². The van der Waals surface area contributed by atoms with Crippen molar-refractivity contribution in [2.45, 2.75) is 46.1 Å². The van der Waals surface area contributed by atoms with Crippen LogP contribution >= 0.6 is 24.0 Å². The summed E-state index contributed by atoms with van der Waals surface area (Å²) in [5, 5.41) is 4.47. The molecule has 0 fully saturated rings. The van der Waals surface area contributed by atoms with Crippen molar-refractivity contribution < 1.29 is 0 Å². The number of aryl methyl sites for hydroxylation is 1. The van der Waals surface area contributed by atoms with Crippen LogP contribution in [0.3, 0.4) is 0 Å². The lowest BCUT2D eigenvalue weighted by molar-refractivity contribution is 0.508. The number of aliphatic imine (C=N–C) groups is 1. The Kier molecular flexibility index (Phi) is 6.71. The molecule has 122 valence electrons. The van der Waals surface area contributed by atoms with E-state index in [1.807, 2.05) is 0 Å². The number of hydrogen-bond donors (Lipinski definition) is 3. The van der Waals surface area contributed by atoms with Crippen LogP contribution in [-0.4, -0.2) is 23.0 Å². The lowest BCUT2D eigenvalue weighted by atomic mass is 10.1. The van der Waals surface area contributed by atoms with Crippen LogP contribution in [0.5, 0.6) is 0 Å². The van der Waals surface area contributed by atoms with Crippen molar-refractivity contribution in [3.8, 4) is 0 Å². The molecule has 0 atom stereocenters. The normalized spacial score (nSPS) is 12.3. The second-order valence-corrected chi connectivity index (χ2v) is 6.40. The molecule has 0 aliphatic heterocycles. The number of nitrogens with two attached hydrogens (primary N) is 1. The van der Waals surface area contributed by atoms with Crippen LogP contribution in [0.2, 0.25) is 0 Å². The Balaban J connectivity index is 0.00000242. The Labute approximate surface area is 150 Å². The molecule has 0 saturated carbocycles. The van der Waals surface area contributed by atoms with E-state index in [-0.39, 0.29) is 29.5 Å². The number of rotatable bonds is 4. The van der Waals surface area contributed by atoms with Crippen LogP contribution in [0.15, 0.2) is 29.4 Å². The average molecular weight is 414 g/mol. The molecule has 5 heteroatoms. The molecule has 0 bridgehead atoms. The first kappa shape index (κ1) is 18.8. The highest BCUT2D eigenvalue weighted by atomic mass is 127. The lowest BCUT2D eigenvalue weighted by Crippen LogP contribution is -2.45. The fourth-order valence-electron chi connectivity index (χ4n) is 2.50. The van der Waals surface area contributed by atoms with Crippen LogP contribution in [0.1, 0.15) is 38.8 Å². The zero-order valence-electron chi connectivity index (χ0n) is 13.9. The number of aromatic nitrogens is 1. The summed E-state index contributed by atoms with van der Waals surface area (Å²) >= 11 is 0. The standard InChI is InChI=1S/C17H26N4.HI/c1-5-12-7-6-8-14-13(11-20-15(12)14)9-10-19-16(18)21-17(2,3)4;/h6-8,11,20H,5,9-10H2,1-4H3,(H3,18,19,21);1H. The largest absolute Gasteiger partial charge is 0.370 e. The van der Waals surface area contributed by atoms with Gasteiger partial charge in [-0.1, -0.05) is 25.1 Å². The maximum absolute atomic E-state index is 5.89. The summed E-state index contributed by atoms with van der Waals surface area (Å²) in [4.78, 5) is 7.79. The van der Waals surface area contributed by atoms with Gasteiger partial charge in [0.05, 0.1) is 0 Å². The van der Waals surface area contributed by atoms with Gasteiger partial charge in [-0.05, 0) is 44.7 Å². The van der Waals surface area contributed by atoms with Gasteiger partial charge in [0.1, 0.15) is 0 Å². The molecule has 0 unspecified atom stereocenters. The van der Waals surface area contributed by atoms with E-state index in [4.69, 9.17) is 5.73 Å². The smallest absolute Gasteiger partial charge is 0.188 e. The van der Waals surface area contributed by atoms with Gasteiger partial charge in [-0.25, -0.2) is 0 Å². The van der Waals surface area contributed by atoms with E-state index in [0.717, 1.165) is 12.8 Å². The van der Waals surface area contributed by atoms with Crippen LogP contribution in [0.4, 0.5) is 0 Å². The van der Waals surface area contributed by atoms with Crippen LogP contribution in [-0.2, 0) is 12.8 Å². The minimum absolute atomic E-state index is 0. The molecule has 2 aromatic rings. The molecule has 1 aromatic heterocycles. The molecule has 1 aromatic carbocycles. The van der Waals surface area contributed by atoms with Crippen molar-refractivity contribution in [2.24, 2.45) is 10.7 Å². The number of fused-ring (bicyclic) bond motifs is 1. The van der Waals surface area contributed by atoms with Crippen molar-refractivity contribution in [1.29, 1.82) is 0 Å². The predicted molar refractivity (Wildman–Crippen MR) is 106 cm³/mol. The predicted octanol–water partition coefficient (Wildman–Crippen LogP) is 3.59. The Bertz CT molecular complexity index is 638. The number of para-hydroxylation sites is 1. The zero-order valence-corrected chi connectivity index (χ0v) is 16.2. The van der Waals surface area contributed by atoms with Crippen LogP contribution in [0.25, 0.3) is 10.9 Å². The van der Waals surface area contributed by atoms with Gasteiger partial charge < -0.3 is 16.0 Å². The van der Waals surface area contributed by atoms with Gasteiger partial charge in [0.25, 0.3) is 0 Å². The first-order chi connectivity index (χ1) is 9.90. The molecule has 1 heterocycles. The summed E-state index contributed by atoms with van der Waals surface area (Å²) in [5.41, 5.74) is 9.74. The summed E-state index contributed by atoms with van der Waals surface area (Å²) in [5.74, 6) is 0.511.